The van der Waals surface area contributed by atoms with Crippen LogP contribution >= 0.6 is 0 Å². The van der Waals surface area contributed by atoms with Crippen LogP contribution in [-0.2, 0) is 13.0 Å². The lowest BCUT2D eigenvalue weighted by atomic mass is 10.2. The average molecular weight is 198 g/mol. The molecule has 0 fully saturated rings. The summed E-state index contributed by atoms with van der Waals surface area (Å²) in [6.07, 6.45) is 1.13. The van der Waals surface area contributed by atoms with Crippen molar-refractivity contribution >= 4 is 11.5 Å². The van der Waals surface area contributed by atoms with Crippen LogP contribution in [0.25, 0.3) is 0 Å². The molecule has 1 rings (SSSR count). The van der Waals surface area contributed by atoms with Gasteiger partial charge in [-0.05, 0) is 19.8 Å². The maximum absolute atomic E-state index is 9.15. The van der Waals surface area contributed by atoms with Crippen molar-refractivity contribution in [3.63, 3.8) is 0 Å². The lowest BCUT2D eigenvalue weighted by molar-refractivity contribution is 0.176. The monoisotopic (exact) mass is 198 g/mol. The Bertz CT molecular complexity index is 306. The van der Waals surface area contributed by atoms with Crippen LogP contribution in [0.2, 0.25) is 0 Å². The average Bonchev–Trinajstić information content (AvgIpc) is 2.39. The Labute approximate surface area is 83.7 Å². The minimum atomic E-state index is -0.327. The Kier molecular flexibility index (Phi) is 3.35. The van der Waals surface area contributed by atoms with Gasteiger partial charge in [0.2, 0.25) is 0 Å². The van der Waals surface area contributed by atoms with E-state index in [4.69, 9.17) is 16.6 Å². The summed E-state index contributed by atoms with van der Waals surface area (Å²) in [7, 11) is 0. The molecule has 5 nitrogen and oxygen atoms in total. The molecule has 1 aromatic heterocycles. The minimum absolute atomic E-state index is 0.327. The highest BCUT2D eigenvalue weighted by atomic mass is 16.3. The van der Waals surface area contributed by atoms with E-state index >= 15 is 0 Å². The van der Waals surface area contributed by atoms with Crippen molar-refractivity contribution in [3.05, 3.63) is 5.69 Å². The number of nitrogens with two attached hydrogens (primary N) is 2. The predicted octanol–water partition coefficient (Wildman–Crippen LogP) is 0.381. The van der Waals surface area contributed by atoms with Crippen molar-refractivity contribution < 1.29 is 5.11 Å². The van der Waals surface area contributed by atoms with E-state index in [0.717, 1.165) is 12.1 Å². The normalized spacial score (nSPS) is 13.1. The van der Waals surface area contributed by atoms with Gasteiger partial charge in [0.15, 0.2) is 5.82 Å². The van der Waals surface area contributed by atoms with Crippen molar-refractivity contribution in [1.29, 1.82) is 0 Å². The number of hydrogen-bond donors (Lipinski definition) is 3. The number of hydrogen-bond acceptors (Lipinski definition) is 4. The van der Waals surface area contributed by atoms with Crippen LogP contribution in [0.4, 0.5) is 11.5 Å². The molecule has 0 aliphatic heterocycles. The molecule has 1 atom stereocenters. The third-order valence-corrected chi connectivity index (χ3v) is 2.22. The quantitative estimate of drug-likeness (QED) is 0.652. The van der Waals surface area contributed by atoms with Crippen LogP contribution in [0.1, 0.15) is 26.0 Å². The van der Waals surface area contributed by atoms with Gasteiger partial charge in [0.25, 0.3) is 0 Å². The van der Waals surface area contributed by atoms with E-state index in [9.17, 15) is 0 Å². The topological polar surface area (TPSA) is 90.1 Å². The van der Waals surface area contributed by atoms with Gasteiger partial charge in [0.05, 0.1) is 17.5 Å². The zero-order valence-corrected chi connectivity index (χ0v) is 8.70. The van der Waals surface area contributed by atoms with Gasteiger partial charge in [-0.25, -0.2) is 0 Å². The van der Waals surface area contributed by atoms with E-state index in [1.807, 2.05) is 6.92 Å². The van der Waals surface area contributed by atoms with Gasteiger partial charge in [-0.3, -0.25) is 4.68 Å². The van der Waals surface area contributed by atoms with Crippen LogP contribution in [0.15, 0.2) is 0 Å². The van der Waals surface area contributed by atoms with Gasteiger partial charge in [0, 0.05) is 6.54 Å². The highest BCUT2D eigenvalue weighted by molar-refractivity contribution is 5.61. The second-order valence-electron chi connectivity index (χ2n) is 3.46. The first-order valence-corrected chi connectivity index (χ1v) is 4.85. The summed E-state index contributed by atoms with van der Waals surface area (Å²) in [6.45, 7) is 4.41. The number of rotatable bonds is 4. The largest absolute Gasteiger partial charge is 0.394 e. The summed E-state index contributed by atoms with van der Waals surface area (Å²) in [4.78, 5) is 0. The van der Waals surface area contributed by atoms with E-state index in [0.29, 0.717) is 24.5 Å². The Morgan fingerprint density at radius 1 is 1.50 bits per heavy atom. The van der Waals surface area contributed by atoms with Gasteiger partial charge in [0.1, 0.15) is 0 Å². The van der Waals surface area contributed by atoms with Crippen LogP contribution < -0.4 is 11.5 Å². The molecule has 14 heavy (non-hydrogen) atoms. The van der Waals surface area contributed by atoms with Crippen molar-refractivity contribution in [2.45, 2.75) is 39.3 Å². The summed E-state index contributed by atoms with van der Waals surface area (Å²) in [5.74, 6) is 0.382. The van der Waals surface area contributed by atoms with Gasteiger partial charge in [-0.1, -0.05) is 6.92 Å². The third kappa shape index (κ3) is 2.17. The third-order valence-electron chi connectivity index (χ3n) is 2.22. The lowest BCUT2D eigenvalue weighted by Gasteiger charge is -2.07. The van der Waals surface area contributed by atoms with E-state index in [1.54, 1.807) is 11.6 Å². The Balaban J connectivity index is 2.80. The first kappa shape index (κ1) is 10.8. The first-order valence-electron chi connectivity index (χ1n) is 4.85. The minimum Gasteiger partial charge on any atom is -0.394 e. The second kappa shape index (κ2) is 4.32. The zero-order chi connectivity index (χ0) is 10.7. The summed E-state index contributed by atoms with van der Waals surface area (Å²) in [6, 6.07) is 0. The van der Waals surface area contributed by atoms with E-state index < -0.39 is 0 Å². The molecule has 5 N–H and O–H groups in total. The van der Waals surface area contributed by atoms with Crippen molar-refractivity contribution in [2.75, 3.05) is 11.5 Å². The Morgan fingerprint density at radius 3 is 2.64 bits per heavy atom. The molecule has 80 valence electrons. The Hall–Kier alpha value is -1.23. The summed E-state index contributed by atoms with van der Waals surface area (Å²) in [5.41, 5.74) is 12.9. The van der Waals surface area contributed by atoms with Crippen LogP contribution in [-0.4, -0.2) is 21.0 Å². The first-order chi connectivity index (χ1) is 6.56. The molecule has 0 saturated heterocycles. The maximum Gasteiger partial charge on any atom is 0.169 e. The smallest absolute Gasteiger partial charge is 0.169 e. The molecule has 0 saturated carbocycles. The molecule has 0 aliphatic rings. The lowest BCUT2D eigenvalue weighted by Crippen LogP contribution is -2.11. The molecule has 0 aromatic carbocycles. The highest BCUT2D eigenvalue weighted by Crippen LogP contribution is 2.19. The standard InChI is InChI=1S/C9H18N4O/c1-3-7-8(10)9(11)12-13(7)5-4-6(2)14/h6,14H,3-5,10H2,1-2H3,(H2,11,12). The number of aliphatic hydroxyl groups is 1. The molecular weight excluding hydrogens is 180 g/mol. The molecule has 0 radical (unpaired) electrons. The molecule has 0 aliphatic carbocycles. The van der Waals surface area contributed by atoms with Gasteiger partial charge in [-0.15, -0.1) is 0 Å². The Morgan fingerprint density at radius 2 is 2.14 bits per heavy atom. The number of nitrogen functional groups attached to an aromatic ring is 2. The van der Waals surface area contributed by atoms with Gasteiger partial charge < -0.3 is 16.6 Å². The van der Waals surface area contributed by atoms with E-state index in [2.05, 4.69) is 5.10 Å². The van der Waals surface area contributed by atoms with Crippen molar-refractivity contribution in [3.8, 4) is 0 Å². The molecule has 5 heteroatoms. The molecule has 0 amide bonds. The molecule has 1 unspecified atom stereocenters. The molecular formula is C9H18N4O. The number of anilines is 2. The van der Waals surface area contributed by atoms with Crippen molar-refractivity contribution in [2.24, 2.45) is 0 Å². The second-order valence-corrected chi connectivity index (χ2v) is 3.46. The van der Waals surface area contributed by atoms with Gasteiger partial charge in [-0.2, -0.15) is 5.10 Å². The molecule has 0 spiro atoms. The fraction of sp³-hybridized carbons (Fsp3) is 0.667. The molecule has 1 heterocycles. The predicted molar refractivity (Wildman–Crippen MR) is 56.7 cm³/mol. The summed E-state index contributed by atoms with van der Waals surface area (Å²) >= 11 is 0. The molecule has 0 bridgehead atoms. The number of nitrogens with zero attached hydrogens (tertiary/aromatic N) is 2. The van der Waals surface area contributed by atoms with E-state index in [1.165, 1.54) is 0 Å². The van der Waals surface area contributed by atoms with Crippen LogP contribution in [0, 0.1) is 0 Å². The zero-order valence-electron chi connectivity index (χ0n) is 8.70. The fourth-order valence-electron chi connectivity index (χ4n) is 1.40. The van der Waals surface area contributed by atoms with Crippen LogP contribution in [0.3, 0.4) is 0 Å². The number of aliphatic hydroxyl groups excluding tert-OH is 1. The fourth-order valence-corrected chi connectivity index (χ4v) is 1.40. The summed E-state index contributed by atoms with van der Waals surface area (Å²) in [5, 5.41) is 13.3. The van der Waals surface area contributed by atoms with Crippen LogP contribution in [0.5, 0.6) is 0 Å². The number of aryl methyl sites for hydroxylation is 1. The number of aromatic nitrogens is 2. The van der Waals surface area contributed by atoms with E-state index in [-0.39, 0.29) is 6.10 Å². The maximum atomic E-state index is 9.15. The van der Waals surface area contributed by atoms with Gasteiger partial charge >= 0.3 is 0 Å². The highest BCUT2D eigenvalue weighted by Gasteiger charge is 2.11. The SMILES string of the molecule is CCc1c(N)c(N)nn1CCC(C)O. The van der Waals surface area contributed by atoms with Crippen molar-refractivity contribution in [1.82, 2.24) is 9.78 Å². The molecule has 1 aromatic rings. The summed E-state index contributed by atoms with van der Waals surface area (Å²) < 4.78 is 1.78.